The van der Waals surface area contributed by atoms with Crippen LogP contribution in [-0.4, -0.2) is 22.6 Å². The number of halogens is 3. The minimum Gasteiger partial charge on any atom is -0.393 e. The van der Waals surface area contributed by atoms with Gasteiger partial charge in [0, 0.05) is 12.6 Å². The Bertz CT molecular complexity index is 763. The molecule has 0 saturated carbocycles. The number of piperidine rings is 1. The Hall–Kier alpha value is -2.51. The van der Waals surface area contributed by atoms with E-state index in [2.05, 4.69) is 27.1 Å². The largest absolute Gasteiger partial charge is 0.418 e. The molecule has 1 aromatic heterocycles. The fraction of sp³-hybridized carbons (Fsp3) is 0.444. The fourth-order valence-electron chi connectivity index (χ4n) is 3.39. The molecule has 1 aliphatic heterocycles. The molecule has 140 valence electrons. The number of para-hydroxylation sites is 1. The number of nitrogens with one attached hydrogen (secondary N) is 1. The summed E-state index contributed by atoms with van der Waals surface area (Å²) in [4.78, 5) is 10.5. The zero-order valence-corrected chi connectivity index (χ0v) is 14.6. The van der Waals surface area contributed by atoms with Gasteiger partial charge in [0.05, 0.1) is 11.3 Å². The van der Waals surface area contributed by atoms with Crippen molar-refractivity contribution in [2.45, 2.75) is 44.8 Å². The molecule has 0 aliphatic carbocycles. The Morgan fingerprint density at radius 3 is 2.73 bits per heavy atom. The highest BCUT2D eigenvalue weighted by molar-refractivity contribution is 5.79. The first kappa shape index (κ1) is 18.3. The smallest absolute Gasteiger partial charge is 0.393 e. The first-order valence-electron chi connectivity index (χ1n) is 8.72. The number of alkyl halides is 3. The van der Waals surface area contributed by atoms with Crippen LogP contribution in [-0.2, 0) is 6.18 Å². The van der Waals surface area contributed by atoms with Gasteiger partial charge in [-0.1, -0.05) is 19.1 Å². The van der Waals surface area contributed by atoms with E-state index in [4.69, 9.17) is 5.73 Å². The standard InChI is InChI=1S/C18H22F3N5/c1-2-12-7-5-6-10-26(12)17-15(22)16(23-11-24-17)25-14-9-4-3-8-13(14)18(19,20)21/h3-4,8-9,11-12H,2,5-7,10,22H2,1H3,(H,23,24,25). The van der Waals surface area contributed by atoms with Crippen molar-refractivity contribution in [1.29, 1.82) is 0 Å². The highest BCUT2D eigenvalue weighted by Crippen LogP contribution is 2.38. The van der Waals surface area contributed by atoms with Gasteiger partial charge in [0.25, 0.3) is 0 Å². The number of nitrogens with zero attached hydrogens (tertiary/aromatic N) is 3. The van der Waals surface area contributed by atoms with Gasteiger partial charge in [-0.25, -0.2) is 9.97 Å². The lowest BCUT2D eigenvalue weighted by Crippen LogP contribution is -2.40. The predicted molar refractivity (Wildman–Crippen MR) is 96.4 cm³/mol. The van der Waals surface area contributed by atoms with Crippen LogP contribution in [0, 0.1) is 0 Å². The van der Waals surface area contributed by atoms with Crippen molar-refractivity contribution in [3.05, 3.63) is 36.2 Å². The summed E-state index contributed by atoms with van der Waals surface area (Å²) >= 11 is 0. The zero-order valence-electron chi connectivity index (χ0n) is 14.6. The Balaban J connectivity index is 1.94. The van der Waals surface area contributed by atoms with Gasteiger partial charge in [-0.2, -0.15) is 13.2 Å². The number of benzene rings is 1. The van der Waals surface area contributed by atoms with Crippen molar-refractivity contribution >= 4 is 23.0 Å². The van der Waals surface area contributed by atoms with Gasteiger partial charge in [-0.3, -0.25) is 0 Å². The first-order chi connectivity index (χ1) is 12.4. The summed E-state index contributed by atoms with van der Waals surface area (Å²) in [6.45, 7) is 2.94. The molecule has 1 unspecified atom stereocenters. The summed E-state index contributed by atoms with van der Waals surface area (Å²) in [7, 11) is 0. The van der Waals surface area contributed by atoms with Gasteiger partial charge in [0.2, 0.25) is 0 Å². The minimum absolute atomic E-state index is 0.0814. The average molecular weight is 365 g/mol. The third-order valence-corrected chi connectivity index (χ3v) is 4.72. The molecule has 1 aromatic carbocycles. The van der Waals surface area contributed by atoms with E-state index < -0.39 is 11.7 Å². The molecular weight excluding hydrogens is 343 g/mol. The molecule has 5 nitrogen and oxygen atoms in total. The van der Waals surface area contributed by atoms with Gasteiger partial charge < -0.3 is 16.0 Å². The van der Waals surface area contributed by atoms with Gasteiger partial charge in [0.15, 0.2) is 11.6 Å². The van der Waals surface area contributed by atoms with Crippen LogP contribution in [0.5, 0.6) is 0 Å². The van der Waals surface area contributed by atoms with Crippen LogP contribution in [0.3, 0.4) is 0 Å². The van der Waals surface area contributed by atoms with Crippen LogP contribution in [0.2, 0.25) is 0 Å². The van der Waals surface area contributed by atoms with Crippen LogP contribution in [0.4, 0.5) is 36.2 Å². The number of anilines is 4. The van der Waals surface area contributed by atoms with Gasteiger partial charge >= 0.3 is 6.18 Å². The highest BCUT2D eigenvalue weighted by atomic mass is 19.4. The summed E-state index contributed by atoms with van der Waals surface area (Å²) in [6, 6.07) is 5.60. The molecule has 26 heavy (non-hydrogen) atoms. The second kappa shape index (κ2) is 7.39. The summed E-state index contributed by atoms with van der Waals surface area (Å²) in [5, 5.41) is 2.74. The van der Waals surface area contributed by atoms with Crippen LogP contribution in [0.25, 0.3) is 0 Å². The molecule has 2 heterocycles. The number of hydrogen-bond acceptors (Lipinski definition) is 5. The van der Waals surface area contributed by atoms with Gasteiger partial charge in [0.1, 0.15) is 12.0 Å². The molecule has 1 fully saturated rings. The Morgan fingerprint density at radius 1 is 1.23 bits per heavy atom. The number of hydrogen-bond donors (Lipinski definition) is 2. The number of aromatic nitrogens is 2. The predicted octanol–water partition coefficient (Wildman–Crippen LogP) is 4.59. The third kappa shape index (κ3) is 3.68. The summed E-state index contributed by atoms with van der Waals surface area (Å²) in [5.41, 5.74) is 5.65. The maximum absolute atomic E-state index is 13.2. The Kier molecular flexibility index (Phi) is 5.20. The zero-order chi connectivity index (χ0) is 18.7. The third-order valence-electron chi connectivity index (χ3n) is 4.72. The number of rotatable bonds is 4. The van der Waals surface area contributed by atoms with E-state index in [-0.39, 0.29) is 17.2 Å². The van der Waals surface area contributed by atoms with Crippen LogP contribution in [0.15, 0.2) is 30.6 Å². The van der Waals surface area contributed by atoms with E-state index in [9.17, 15) is 13.2 Å². The van der Waals surface area contributed by atoms with E-state index in [1.807, 2.05) is 0 Å². The van der Waals surface area contributed by atoms with E-state index in [1.165, 1.54) is 24.5 Å². The average Bonchev–Trinajstić information content (AvgIpc) is 2.63. The summed E-state index contributed by atoms with van der Waals surface area (Å²) in [6.07, 6.45) is 1.09. The maximum atomic E-state index is 13.2. The van der Waals surface area contributed by atoms with E-state index in [0.717, 1.165) is 38.3 Å². The molecular formula is C18H22F3N5. The molecule has 0 radical (unpaired) electrons. The maximum Gasteiger partial charge on any atom is 0.418 e. The van der Waals surface area contributed by atoms with Gasteiger partial charge in [-0.05, 0) is 37.8 Å². The number of nitrogens with two attached hydrogens (primary N) is 1. The Morgan fingerprint density at radius 2 is 2.00 bits per heavy atom. The normalized spacial score (nSPS) is 18.0. The van der Waals surface area contributed by atoms with E-state index in [1.54, 1.807) is 0 Å². The van der Waals surface area contributed by atoms with Crippen molar-refractivity contribution in [3.8, 4) is 0 Å². The molecule has 8 heteroatoms. The first-order valence-corrected chi connectivity index (χ1v) is 8.72. The van der Waals surface area contributed by atoms with Crippen LogP contribution in [0.1, 0.15) is 38.2 Å². The van der Waals surface area contributed by atoms with Crippen molar-refractivity contribution in [3.63, 3.8) is 0 Å². The molecule has 3 rings (SSSR count). The lowest BCUT2D eigenvalue weighted by molar-refractivity contribution is -0.136. The second-order valence-electron chi connectivity index (χ2n) is 6.38. The quantitative estimate of drug-likeness (QED) is 0.829. The van der Waals surface area contributed by atoms with E-state index in [0.29, 0.717) is 11.9 Å². The highest BCUT2D eigenvalue weighted by Gasteiger charge is 2.33. The fourth-order valence-corrected chi connectivity index (χ4v) is 3.39. The molecule has 0 amide bonds. The topological polar surface area (TPSA) is 67.1 Å². The van der Waals surface area contributed by atoms with Crippen molar-refractivity contribution in [1.82, 2.24) is 9.97 Å². The summed E-state index contributed by atoms with van der Waals surface area (Å²) < 4.78 is 39.6. The second-order valence-corrected chi connectivity index (χ2v) is 6.38. The Labute approximate surface area is 150 Å². The molecule has 3 N–H and O–H groups in total. The number of nitrogen functional groups attached to an aromatic ring is 1. The van der Waals surface area contributed by atoms with Crippen molar-refractivity contribution < 1.29 is 13.2 Å². The van der Waals surface area contributed by atoms with E-state index >= 15 is 0 Å². The van der Waals surface area contributed by atoms with Crippen molar-refractivity contribution in [2.75, 3.05) is 22.5 Å². The monoisotopic (exact) mass is 365 g/mol. The lowest BCUT2D eigenvalue weighted by Gasteiger charge is -2.36. The summed E-state index contributed by atoms with van der Waals surface area (Å²) in [5.74, 6) is 0.769. The molecule has 0 spiro atoms. The molecule has 0 bridgehead atoms. The molecule has 1 saturated heterocycles. The molecule has 1 atom stereocenters. The van der Waals surface area contributed by atoms with Crippen LogP contribution >= 0.6 is 0 Å². The molecule has 2 aromatic rings. The minimum atomic E-state index is -4.46. The van der Waals surface area contributed by atoms with Crippen LogP contribution < -0.4 is 16.0 Å². The lowest BCUT2D eigenvalue weighted by atomic mass is 10.00. The SMILES string of the molecule is CCC1CCCCN1c1ncnc(Nc2ccccc2C(F)(F)F)c1N. The van der Waals surface area contributed by atoms with Gasteiger partial charge in [-0.15, -0.1) is 0 Å². The van der Waals surface area contributed by atoms with Crippen molar-refractivity contribution in [2.24, 2.45) is 0 Å². The molecule has 1 aliphatic rings.